The number of para-hydroxylation sites is 1. The Kier molecular flexibility index (Phi) is 7.25. The van der Waals surface area contributed by atoms with E-state index in [-0.39, 0.29) is 11.3 Å². The first-order valence-corrected chi connectivity index (χ1v) is 14.6. The van der Waals surface area contributed by atoms with Gasteiger partial charge in [0, 0.05) is 28.1 Å². The number of hydrogen-bond acceptors (Lipinski definition) is 1. The Hall–Kier alpha value is -2.98. The molecular weight excluding hydrogens is 474 g/mol. The molecule has 3 aromatic carbocycles. The topological polar surface area (TPSA) is 9.23 Å². The summed E-state index contributed by atoms with van der Waals surface area (Å²) in [6, 6.07) is 28.3. The molecule has 0 saturated heterocycles. The van der Waals surface area contributed by atoms with Gasteiger partial charge in [0.15, 0.2) is 10.6 Å². The van der Waals surface area contributed by atoms with Crippen LogP contribution in [0.1, 0.15) is 37.8 Å². The Morgan fingerprint density at radius 2 is 1.47 bits per heavy atom. The van der Waals surface area contributed by atoms with Gasteiger partial charge in [-0.05, 0) is 31.2 Å². The van der Waals surface area contributed by atoms with Gasteiger partial charge >= 0.3 is 5.48 Å². The van der Waals surface area contributed by atoms with Crippen LogP contribution < -0.4 is 15.3 Å². The zero-order valence-corrected chi connectivity index (χ0v) is 23.2. The molecule has 3 atom stereocenters. The molecule has 1 nitrogen and oxygen atoms in total. The molecule has 1 aliphatic heterocycles. The number of ether oxygens (including phenoxy) is 1. The average molecular weight is 508 g/mol. The molecule has 0 saturated carbocycles. The molecule has 36 heavy (non-hydrogen) atoms. The van der Waals surface area contributed by atoms with Crippen LogP contribution in [0.5, 0.6) is 5.75 Å². The lowest BCUT2D eigenvalue weighted by Gasteiger charge is -2.36. The SMILES string of the molecule is C/C=C\C=C1/C(=[P+](c2ccccc2)c2ccccc2)Oc2c(C3C=CC=CC3P)cccc2C1(C)C. The predicted molar refractivity (Wildman–Crippen MR) is 162 cm³/mol. The van der Waals surface area contributed by atoms with E-state index in [1.807, 2.05) is 0 Å². The first-order valence-electron chi connectivity index (χ1n) is 12.5. The lowest BCUT2D eigenvalue weighted by molar-refractivity contribution is 0.474. The molecule has 0 fully saturated rings. The molecule has 180 valence electrons. The fourth-order valence-electron chi connectivity index (χ4n) is 5.10. The van der Waals surface area contributed by atoms with Crippen LogP contribution >= 0.6 is 16.8 Å². The van der Waals surface area contributed by atoms with Gasteiger partial charge in [-0.25, -0.2) is 0 Å². The second kappa shape index (κ2) is 10.6. The molecule has 0 N–H and O–H groups in total. The summed E-state index contributed by atoms with van der Waals surface area (Å²) in [6.45, 7) is 6.75. The first-order chi connectivity index (χ1) is 17.5. The molecule has 0 spiro atoms. The van der Waals surface area contributed by atoms with Gasteiger partial charge in [0.2, 0.25) is 7.55 Å². The summed E-state index contributed by atoms with van der Waals surface area (Å²) >= 11 is 0. The third-order valence-electron chi connectivity index (χ3n) is 7.05. The maximum atomic E-state index is 7.16. The Labute approximate surface area is 218 Å². The van der Waals surface area contributed by atoms with Crippen molar-refractivity contribution in [3.8, 4) is 5.75 Å². The summed E-state index contributed by atoms with van der Waals surface area (Å²) in [4.78, 5) is 0. The number of hydrogen-bond donors (Lipinski definition) is 0. The highest BCUT2D eigenvalue weighted by Crippen LogP contribution is 2.50. The summed E-state index contributed by atoms with van der Waals surface area (Å²) < 4.78 is 7.16. The van der Waals surface area contributed by atoms with Crippen LogP contribution in [0, 0.1) is 0 Å². The fourth-order valence-corrected chi connectivity index (χ4v) is 8.05. The maximum Gasteiger partial charge on any atom is 0.314 e. The predicted octanol–water partition coefficient (Wildman–Crippen LogP) is 7.58. The minimum absolute atomic E-state index is 0.215. The van der Waals surface area contributed by atoms with E-state index in [2.05, 4.69) is 151 Å². The van der Waals surface area contributed by atoms with Gasteiger partial charge in [0.1, 0.15) is 5.75 Å². The lowest BCUT2D eigenvalue weighted by atomic mass is 9.74. The van der Waals surface area contributed by atoms with Crippen molar-refractivity contribution in [2.75, 3.05) is 0 Å². The van der Waals surface area contributed by atoms with Gasteiger partial charge in [0.05, 0.1) is 5.57 Å². The number of allylic oxidation sites excluding steroid dienone is 7. The maximum absolute atomic E-state index is 7.16. The highest BCUT2D eigenvalue weighted by molar-refractivity contribution is 7.73. The molecule has 0 radical (unpaired) electrons. The van der Waals surface area contributed by atoms with Crippen LogP contribution in [-0.4, -0.2) is 11.1 Å². The average Bonchev–Trinajstić information content (AvgIpc) is 2.90. The van der Waals surface area contributed by atoms with E-state index in [1.54, 1.807) is 0 Å². The molecule has 0 bridgehead atoms. The minimum Gasteiger partial charge on any atom is -0.420 e. The monoisotopic (exact) mass is 507 g/mol. The molecule has 5 rings (SSSR count). The van der Waals surface area contributed by atoms with E-state index in [9.17, 15) is 0 Å². The third kappa shape index (κ3) is 4.59. The van der Waals surface area contributed by atoms with E-state index in [0.29, 0.717) is 5.66 Å². The Bertz CT molecular complexity index is 1350. The van der Waals surface area contributed by atoms with Crippen molar-refractivity contribution in [3.63, 3.8) is 0 Å². The number of rotatable bonds is 4. The summed E-state index contributed by atoms with van der Waals surface area (Å²) in [7, 11) is 2.11. The number of fused-ring (bicyclic) bond motifs is 1. The number of benzene rings is 3. The lowest BCUT2D eigenvalue weighted by Crippen LogP contribution is -2.36. The second-order valence-corrected chi connectivity index (χ2v) is 12.6. The van der Waals surface area contributed by atoms with Crippen molar-refractivity contribution in [2.24, 2.45) is 0 Å². The molecule has 1 aliphatic carbocycles. The summed E-state index contributed by atoms with van der Waals surface area (Å²) in [5.74, 6) is 1.28. The van der Waals surface area contributed by atoms with Gasteiger partial charge in [-0.1, -0.05) is 111 Å². The Morgan fingerprint density at radius 3 is 2.08 bits per heavy atom. The van der Waals surface area contributed by atoms with Crippen LogP contribution in [0.2, 0.25) is 0 Å². The molecule has 0 aromatic heterocycles. The molecule has 1 heterocycles. The van der Waals surface area contributed by atoms with E-state index < -0.39 is 7.55 Å². The van der Waals surface area contributed by atoms with Crippen molar-refractivity contribution in [1.29, 1.82) is 0 Å². The van der Waals surface area contributed by atoms with Crippen molar-refractivity contribution in [2.45, 2.75) is 37.8 Å². The van der Waals surface area contributed by atoms with Crippen LogP contribution in [0.25, 0.3) is 0 Å². The van der Waals surface area contributed by atoms with Crippen LogP contribution in [0.4, 0.5) is 0 Å². The quantitative estimate of drug-likeness (QED) is 0.331. The van der Waals surface area contributed by atoms with E-state index in [4.69, 9.17) is 4.74 Å². The normalized spacial score (nSPS) is 21.4. The highest BCUT2D eigenvalue weighted by Gasteiger charge is 2.45. The first kappa shape index (κ1) is 24.7. The van der Waals surface area contributed by atoms with Gasteiger partial charge < -0.3 is 4.74 Å². The zero-order chi connectivity index (χ0) is 25.1. The minimum atomic E-state index is -0.894. The van der Waals surface area contributed by atoms with E-state index in [0.717, 1.165) is 11.2 Å². The molecular formula is C33H33OP2+. The van der Waals surface area contributed by atoms with Gasteiger partial charge in [-0.3, -0.25) is 0 Å². The summed E-state index contributed by atoms with van der Waals surface area (Å²) in [5, 5.41) is 2.59. The van der Waals surface area contributed by atoms with Gasteiger partial charge in [0.25, 0.3) is 0 Å². The zero-order valence-electron chi connectivity index (χ0n) is 21.1. The van der Waals surface area contributed by atoms with Gasteiger partial charge in [-0.15, -0.1) is 9.24 Å². The smallest absolute Gasteiger partial charge is 0.314 e. The van der Waals surface area contributed by atoms with Crippen LogP contribution in [-0.2, 0) is 5.41 Å². The Balaban J connectivity index is 1.83. The van der Waals surface area contributed by atoms with Crippen molar-refractivity contribution < 1.29 is 4.74 Å². The van der Waals surface area contributed by atoms with Crippen LogP contribution in [0.15, 0.2) is 127 Å². The van der Waals surface area contributed by atoms with Crippen molar-refractivity contribution in [3.05, 3.63) is 138 Å². The van der Waals surface area contributed by atoms with E-state index in [1.165, 1.54) is 27.3 Å². The molecule has 3 aromatic rings. The van der Waals surface area contributed by atoms with E-state index >= 15 is 0 Å². The Morgan fingerprint density at radius 1 is 0.833 bits per heavy atom. The largest absolute Gasteiger partial charge is 0.420 e. The second-order valence-electron chi connectivity index (χ2n) is 9.74. The van der Waals surface area contributed by atoms with Gasteiger partial charge in [-0.2, -0.15) is 0 Å². The highest BCUT2D eigenvalue weighted by atomic mass is 31.1. The standard InChI is InChI=1S/C33H33OP2/c1-4-5-21-29-32(36(24-15-8-6-9-16-24)25-17-10-7-11-18-25)34-31-27(26-19-12-13-23-30(26)35)20-14-22-28(31)33(29,2)3/h4-23,26,30H,35H2,1-3H3/q+1/b5-4-,29-21+. The van der Waals surface area contributed by atoms with Crippen molar-refractivity contribution in [1.82, 2.24) is 0 Å². The van der Waals surface area contributed by atoms with Crippen molar-refractivity contribution >= 4 is 32.9 Å². The molecule has 0 amide bonds. The van der Waals surface area contributed by atoms with Crippen LogP contribution in [0.3, 0.4) is 0 Å². The molecule has 2 aliphatic rings. The summed E-state index contributed by atoms with van der Waals surface area (Å²) in [5.41, 5.74) is 4.93. The third-order valence-corrected chi connectivity index (χ3v) is 10.0. The fraction of sp³-hybridized carbons (Fsp3) is 0.182. The molecule has 3 heteroatoms. The summed E-state index contributed by atoms with van der Waals surface area (Å²) in [6.07, 6.45) is 15.3. The molecule has 3 unspecified atom stereocenters.